The Kier molecular flexibility index (Phi) is 6.12. The first-order valence-corrected chi connectivity index (χ1v) is 10.2. The zero-order valence-corrected chi connectivity index (χ0v) is 17.3. The molecule has 2 aromatic carbocycles. The molecule has 2 amide bonds. The molecule has 7 heteroatoms. The summed E-state index contributed by atoms with van der Waals surface area (Å²) < 4.78 is 5.87. The van der Waals surface area contributed by atoms with Crippen LogP contribution in [0.1, 0.15) is 45.8 Å². The number of anilines is 1. The van der Waals surface area contributed by atoms with E-state index in [4.69, 9.17) is 4.42 Å². The maximum absolute atomic E-state index is 12.7. The van der Waals surface area contributed by atoms with E-state index in [1.165, 1.54) is 0 Å². The molecule has 0 bridgehead atoms. The second-order valence-electron chi connectivity index (χ2n) is 7.41. The number of para-hydroxylation sites is 1. The highest BCUT2D eigenvalue weighted by molar-refractivity contribution is 6.06. The number of benzene rings is 2. The lowest BCUT2D eigenvalue weighted by Gasteiger charge is -2.13. The van der Waals surface area contributed by atoms with Crippen molar-refractivity contribution in [3.8, 4) is 0 Å². The van der Waals surface area contributed by atoms with Gasteiger partial charge in [-0.15, -0.1) is 0 Å². The minimum atomic E-state index is -0.358. The molecule has 1 heterocycles. The van der Waals surface area contributed by atoms with Crippen LogP contribution in [0.25, 0.3) is 0 Å². The van der Waals surface area contributed by atoms with Crippen molar-refractivity contribution in [3.63, 3.8) is 0 Å². The number of carbonyl (C=O) groups excluding carboxylic acids is 2. The van der Waals surface area contributed by atoms with Crippen LogP contribution in [0, 0.1) is 6.92 Å². The zero-order valence-electron chi connectivity index (χ0n) is 17.3. The molecular weight excluding hydrogens is 392 g/mol. The summed E-state index contributed by atoms with van der Waals surface area (Å²) in [5.74, 6) is 0.434. The molecule has 0 unspecified atom stereocenters. The molecule has 7 nitrogen and oxygen atoms in total. The Morgan fingerprint density at radius 2 is 1.71 bits per heavy atom. The van der Waals surface area contributed by atoms with Crippen LogP contribution >= 0.6 is 0 Å². The molecule has 1 aliphatic carbocycles. The SMILES string of the molecule is Cc1c(C(=O)NNc2ccccc2)oc2c1/C(=N/NC(=O)Cc1ccccc1)CCC2. The molecule has 0 saturated heterocycles. The molecule has 4 rings (SSSR count). The normalized spacial score (nSPS) is 14.0. The predicted molar refractivity (Wildman–Crippen MR) is 119 cm³/mol. The zero-order chi connectivity index (χ0) is 21.6. The van der Waals surface area contributed by atoms with E-state index in [1.54, 1.807) is 0 Å². The maximum atomic E-state index is 12.7. The average Bonchev–Trinajstić information content (AvgIpc) is 3.14. The highest BCUT2D eigenvalue weighted by Gasteiger charge is 2.28. The van der Waals surface area contributed by atoms with Crippen molar-refractivity contribution >= 4 is 23.2 Å². The third-order valence-corrected chi connectivity index (χ3v) is 5.15. The van der Waals surface area contributed by atoms with Gasteiger partial charge in [-0.1, -0.05) is 48.5 Å². The van der Waals surface area contributed by atoms with Gasteiger partial charge in [-0.3, -0.25) is 20.4 Å². The third-order valence-electron chi connectivity index (χ3n) is 5.15. The third kappa shape index (κ3) is 4.83. The summed E-state index contributed by atoms with van der Waals surface area (Å²) in [6.45, 7) is 1.84. The number of hydrogen-bond acceptors (Lipinski definition) is 5. The number of nitrogens with one attached hydrogen (secondary N) is 3. The van der Waals surface area contributed by atoms with Crippen LogP contribution < -0.4 is 16.3 Å². The molecule has 0 atom stereocenters. The summed E-state index contributed by atoms with van der Waals surface area (Å²) in [7, 11) is 0. The number of aryl methyl sites for hydroxylation is 1. The Bertz CT molecular complexity index is 1100. The van der Waals surface area contributed by atoms with Crippen molar-refractivity contribution in [1.29, 1.82) is 0 Å². The largest absolute Gasteiger partial charge is 0.455 e. The van der Waals surface area contributed by atoms with Crippen LogP contribution in [-0.2, 0) is 17.6 Å². The molecule has 3 aromatic rings. The van der Waals surface area contributed by atoms with E-state index < -0.39 is 0 Å². The molecule has 158 valence electrons. The van der Waals surface area contributed by atoms with E-state index >= 15 is 0 Å². The number of nitrogens with zero attached hydrogens (tertiary/aromatic N) is 1. The molecule has 0 fully saturated rings. The molecular formula is C24H24N4O3. The molecule has 0 aliphatic heterocycles. The van der Waals surface area contributed by atoms with Crippen molar-refractivity contribution in [2.24, 2.45) is 5.10 Å². The van der Waals surface area contributed by atoms with E-state index in [2.05, 4.69) is 21.4 Å². The number of hydrogen-bond donors (Lipinski definition) is 3. The smallest absolute Gasteiger partial charge is 0.305 e. The van der Waals surface area contributed by atoms with Crippen LogP contribution in [0.15, 0.2) is 70.2 Å². The number of furan rings is 1. The van der Waals surface area contributed by atoms with E-state index in [-0.39, 0.29) is 24.0 Å². The van der Waals surface area contributed by atoms with Gasteiger partial charge < -0.3 is 4.42 Å². The van der Waals surface area contributed by atoms with Gasteiger partial charge in [0.1, 0.15) is 5.76 Å². The minimum Gasteiger partial charge on any atom is -0.455 e. The molecule has 0 spiro atoms. The fourth-order valence-corrected chi connectivity index (χ4v) is 3.65. The van der Waals surface area contributed by atoms with Gasteiger partial charge in [0.15, 0.2) is 5.76 Å². The summed E-state index contributed by atoms with van der Waals surface area (Å²) in [6, 6.07) is 18.9. The number of fused-ring (bicyclic) bond motifs is 1. The first-order chi connectivity index (χ1) is 15.1. The van der Waals surface area contributed by atoms with Crippen LogP contribution in [-0.4, -0.2) is 17.5 Å². The van der Waals surface area contributed by atoms with Crippen LogP contribution in [0.2, 0.25) is 0 Å². The predicted octanol–water partition coefficient (Wildman–Crippen LogP) is 3.74. The van der Waals surface area contributed by atoms with Gasteiger partial charge in [0.25, 0.3) is 0 Å². The molecule has 0 radical (unpaired) electrons. The summed E-state index contributed by atoms with van der Waals surface area (Å²) >= 11 is 0. The van der Waals surface area contributed by atoms with E-state index in [9.17, 15) is 9.59 Å². The first kappa shape index (κ1) is 20.4. The quantitative estimate of drug-likeness (QED) is 0.534. The Labute approximate surface area is 180 Å². The fourth-order valence-electron chi connectivity index (χ4n) is 3.65. The number of carbonyl (C=O) groups is 2. The van der Waals surface area contributed by atoms with Gasteiger partial charge in [0.2, 0.25) is 5.91 Å². The second-order valence-corrected chi connectivity index (χ2v) is 7.41. The van der Waals surface area contributed by atoms with Crippen LogP contribution in [0.5, 0.6) is 0 Å². The van der Waals surface area contributed by atoms with E-state index in [0.717, 1.165) is 46.7 Å². The highest BCUT2D eigenvalue weighted by Crippen LogP contribution is 2.29. The molecule has 1 aromatic heterocycles. The minimum absolute atomic E-state index is 0.183. The van der Waals surface area contributed by atoms with Gasteiger partial charge in [-0.05, 0) is 37.5 Å². The summed E-state index contributed by atoms with van der Waals surface area (Å²) in [6.07, 6.45) is 2.54. The molecule has 0 saturated carbocycles. The number of hydrazine groups is 1. The Hall–Kier alpha value is -3.87. The van der Waals surface area contributed by atoms with Crippen molar-refractivity contribution < 1.29 is 14.0 Å². The highest BCUT2D eigenvalue weighted by atomic mass is 16.4. The van der Waals surface area contributed by atoms with Gasteiger partial charge in [0.05, 0.1) is 17.8 Å². The van der Waals surface area contributed by atoms with Crippen molar-refractivity contribution in [1.82, 2.24) is 10.9 Å². The van der Waals surface area contributed by atoms with E-state index in [1.807, 2.05) is 67.6 Å². The number of rotatable bonds is 6. The Morgan fingerprint density at radius 1 is 1.00 bits per heavy atom. The van der Waals surface area contributed by atoms with Gasteiger partial charge in [-0.25, -0.2) is 5.43 Å². The Morgan fingerprint density at radius 3 is 2.45 bits per heavy atom. The van der Waals surface area contributed by atoms with Gasteiger partial charge in [0, 0.05) is 17.5 Å². The van der Waals surface area contributed by atoms with Crippen LogP contribution in [0.4, 0.5) is 5.69 Å². The Balaban J connectivity index is 1.46. The fraction of sp³-hybridized carbons (Fsp3) is 0.208. The maximum Gasteiger partial charge on any atom is 0.305 e. The lowest BCUT2D eigenvalue weighted by atomic mass is 9.93. The van der Waals surface area contributed by atoms with E-state index in [0.29, 0.717) is 6.42 Å². The first-order valence-electron chi connectivity index (χ1n) is 10.2. The van der Waals surface area contributed by atoms with Crippen molar-refractivity contribution in [2.75, 3.05) is 5.43 Å². The summed E-state index contributed by atoms with van der Waals surface area (Å²) in [5, 5.41) is 4.36. The lowest BCUT2D eigenvalue weighted by Crippen LogP contribution is -2.29. The average molecular weight is 416 g/mol. The second kappa shape index (κ2) is 9.30. The summed E-state index contributed by atoms with van der Waals surface area (Å²) in [5.41, 5.74) is 12.2. The van der Waals surface area contributed by atoms with Gasteiger partial charge >= 0.3 is 5.91 Å². The molecule has 3 N–H and O–H groups in total. The number of hydrazone groups is 1. The summed E-state index contributed by atoms with van der Waals surface area (Å²) in [4.78, 5) is 24.9. The van der Waals surface area contributed by atoms with Crippen molar-refractivity contribution in [3.05, 3.63) is 88.9 Å². The van der Waals surface area contributed by atoms with Gasteiger partial charge in [-0.2, -0.15) is 5.10 Å². The topological polar surface area (TPSA) is 95.7 Å². The number of amides is 2. The van der Waals surface area contributed by atoms with Crippen molar-refractivity contribution in [2.45, 2.75) is 32.6 Å². The molecule has 1 aliphatic rings. The van der Waals surface area contributed by atoms with Crippen LogP contribution in [0.3, 0.4) is 0 Å². The monoisotopic (exact) mass is 416 g/mol. The molecule has 31 heavy (non-hydrogen) atoms. The lowest BCUT2D eigenvalue weighted by molar-refractivity contribution is -0.120. The standard InChI is InChI=1S/C24H24N4O3/c1-16-22-19(26-27-21(29)15-17-9-4-2-5-10-17)13-8-14-20(22)31-23(16)24(30)28-25-18-11-6-3-7-12-18/h2-7,9-12,25H,8,13-15H2,1H3,(H,27,29)(H,28,30)/b26-19+.